The zero-order valence-electron chi connectivity index (χ0n) is 15.5. The maximum atomic E-state index is 14.5. The van der Waals surface area contributed by atoms with Gasteiger partial charge in [-0.05, 0) is 30.7 Å². The molecule has 0 spiro atoms. The third-order valence-electron chi connectivity index (χ3n) is 4.90. The smallest absolute Gasteiger partial charge is 0.387 e. The molecule has 29 heavy (non-hydrogen) atoms. The van der Waals surface area contributed by atoms with Gasteiger partial charge in [0.2, 0.25) is 0 Å². The van der Waals surface area contributed by atoms with Crippen molar-refractivity contribution in [2.45, 2.75) is 44.6 Å². The molecule has 0 unspecified atom stereocenters. The first-order valence-corrected chi connectivity index (χ1v) is 8.99. The number of nitrogens with two attached hydrogens (primary N) is 1. The number of alkyl halides is 6. The van der Waals surface area contributed by atoms with E-state index in [-0.39, 0.29) is 21.3 Å². The molecule has 0 bridgehead atoms. The van der Waals surface area contributed by atoms with Crippen LogP contribution in [0.15, 0.2) is 34.8 Å². The highest BCUT2D eigenvalue weighted by Crippen LogP contribution is 2.52. The lowest BCUT2D eigenvalue weighted by atomic mass is 9.72. The first-order chi connectivity index (χ1) is 13.1. The minimum atomic E-state index is -3.95. The fourth-order valence-corrected chi connectivity index (χ4v) is 3.61. The van der Waals surface area contributed by atoms with Crippen LogP contribution in [0.2, 0.25) is 0 Å². The van der Waals surface area contributed by atoms with Gasteiger partial charge >= 0.3 is 6.61 Å². The number of benzene rings is 2. The second-order valence-electron chi connectivity index (χ2n) is 6.82. The molecule has 0 aliphatic carbocycles. The van der Waals surface area contributed by atoms with Gasteiger partial charge in [0.1, 0.15) is 11.2 Å². The molecule has 0 heterocycles. The minimum Gasteiger partial charge on any atom is -0.434 e. The van der Waals surface area contributed by atoms with Crippen LogP contribution in [0.5, 0.6) is 5.75 Å². The molecule has 2 aromatic rings. The van der Waals surface area contributed by atoms with Gasteiger partial charge < -0.3 is 10.5 Å². The predicted molar refractivity (Wildman–Crippen MR) is 99.2 cm³/mol. The third kappa shape index (κ3) is 4.17. The molecular formula is C19H17BrF7NO. The highest BCUT2D eigenvalue weighted by molar-refractivity contribution is 9.10. The van der Waals surface area contributed by atoms with Crippen LogP contribution in [-0.2, 0) is 5.41 Å². The van der Waals surface area contributed by atoms with Gasteiger partial charge in [-0.15, -0.1) is 0 Å². The summed E-state index contributed by atoms with van der Waals surface area (Å²) in [6.07, 6.45) is 0. The maximum Gasteiger partial charge on any atom is 0.387 e. The zero-order valence-corrected chi connectivity index (χ0v) is 17.1. The van der Waals surface area contributed by atoms with E-state index in [0.717, 1.165) is 6.07 Å². The monoisotopic (exact) mass is 487 g/mol. The fraction of sp³-hybridized carbons (Fsp3) is 0.368. The summed E-state index contributed by atoms with van der Waals surface area (Å²) >= 11 is 2.99. The van der Waals surface area contributed by atoms with Crippen molar-refractivity contribution < 1.29 is 35.5 Å². The van der Waals surface area contributed by atoms with Gasteiger partial charge in [0.15, 0.2) is 5.82 Å². The Labute approximate surface area is 171 Å². The van der Waals surface area contributed by atoms with E-state index in [1.54, 1.807) is 0 Å². The number of hydrogen-bond donors (Lipinski definition) is 1. The molecule has 160 valence electrons. The molecule has 2 nitrogen and oxygen atoms in total. The van der Waals surface area contributed by atoms with E-state index < -0.39 is 41.0 Å². The van der Waals surface area contributed by atoms with Crippen LogP contribution in [0.25, 0.3) is 11.1 Å². The summed E-state index contributed by atoms with van der Waals surface area (Å²) in [5.41, 5.74) is 0.900. The van der Waals surface area contributed by atoms with Crippen LogP contribution in [-0.4, -0.2) is 18.5 Å². The average molecular weight is 488 g/mol. The molecule has 0 amide bonds. The van der Waals surface area contributed by atoms with Crippen LogP contribution < -0.4 is 10.5 Å². The van der Waals surface area contributed by atoms with Crippen molar-refractivity contribution in [3.63, 3.8) is 0 Å². The first-order valence-electron chi connectivity index (χ1n) is 8.20. The molecule has 0 fully saturated rings. The fourth-order valence-electron chi connectivity index (χ4n) is 2.96. The van der Waals surface area contributed by atoms with Gasteiger partial charge in [-0.2, -0.15) is 8.78 Å². The van der Waals surface area contributed by atoms with Crippen molar-refractivity contribution in [3.05, 3.63) is 46.2 Å². The molecule has 2 rings (SSSR count). The lowest BCUT2D eigenvalue weighted by Gasteiger charge is -2.40. The molecule has 0 aliphatic rings. The van der Waals surface area contributed by atoms with Gasteiger partial charge in [0.25, 0.3) is 11.8 Å². The number of nitrogen functional groups attached to an aromatic ring is 1. The summed E-state index contributed by atoms with van der Waals surface area (Å²) in [4.78, 5) is 0. The summed E-state index contributed by atoms with van der Waals surface area (Å²) in [5.74, 6) is -9.62. The number of hydrogen-bond acceptors (Lipinski definition) is 2. The number of ether oxygens (including phenoxy) is 1. The predicted octanol–water partition coefficient (Wildman–Crippen LogP) is 7.01. The molecule has 0 atom stereocenters. The van der Waals surface area contributed by atoms with Crippen LogP contribution in [0.3, 0.4) is 0 Å². The Hall–Kier alpha value is -1.97. The van der Waals surface area contributed by atoms with Crippen LogP contribution in [0.1, 0.15) is 26.3 Å². The molecule has 0 aliphatic heterocycles. The van der Waals surface area contributed by atoms with E-state index in [4.69, 9.17) is 5.73 Å². The lowest BCUT2D eigenvalue weighted by molar-refractivity contribution is -0.170. The van der Waals surface area contributed by atoms with Crippen LogP contribution in [0, 0.1) is 5.82 Å². The Bertz CT molecular complexity index is 893. The molecular weight excluding hydrogens is 471 g/mol. The van der Waals surface area contributed by atoms with E-state index in [1.807, 2.05) is 0 Å². The molecule has 0 radical (unpaired) electrons. The topological polar surface area (TPSA) is 35.2 Å². The van der Waals surface area contributed by atoms with Gasteiger partial charge in [-0.25, -0.2) is 22.0 Å². The Kier molecular flexibility index (Phi) is 6.19. The Morgan fingerprint density at radius 2 is 1.55 bits per heavy atom. The number of anilines is 1. The summed E-state index contributed by atoms with van der Waals surface area (Å²) in [5, 5.41) is 0. The summed E-state index contributed by atoms with van der Waals surface area (Å²) < 4.78 is 102. The van der Waals surface area contributed by atoms with Crippen molar-refractivity contribution in [3.8, 4) is 16.9 Å². The van der Waals surface area contributed by atoms with Crippen LogP contribution >= 0.6 is 15.9 Å². The average Bonchev–Trinajstić information content (AvgIpc) is 2.54. The van der Waals surface area contributed by atoms with Crippen LogP contribution in [0.4, 0.5) is 36.4 Å². The maximum absolute atomic E-state index is 14.5. The van der Waals surface area contributed by atoms with Gasteiger partial charge in [0.05, 0.1) is 5.69 Å². The Morgan fingerprint density at radius 1 is 1.00 bits per heavy atom. The number of halogens is 8. The summed E-state index contributed by atoms with van der Waals surface area (Å²) in [6, 6.07) is 5.31. The summed E-state index contributed by atoms with van der Waals surface area (Å²) in [6.45, 7) is -2.20. The minimum absolute atomic E-state index is 0.199. The third-order valence-corrected chi connectivity index (χ3v) is 5.53. The molecule has 0 saturated heterocycles. The van der Waals surface area contributed by atoms with Crippen molar-refractivity contribution in [1.29, 1.82) is 0 Å². The molecule has 10 heteroatoms. The number of rotatable bonds is 6. The van der Waals surface area contributed by atoms with E-state index in [9.17, 15) is 30.7 Å². The molecule has 2 aromatic carbocycles. The second-order valence-corrected chi connectivity index (χ2v) is 7.67. The van der Waals surface area contributed by atoms with Crippen molar-refractivity contribution >= 4 is 21.6 Å². The Morgan fingerprint density at radius 3 is 2.03 bits per heavy atom. The van der Waals surface area contributed by atoms with E-state index in [0.29, 0.717) is 26.8 Å². The van der Waals surface area contributed by atoms with Gasteiger partial charge in [-0.1, -0.05) is 28.1 Å². The normalized spacial score (nSPS) is 13.1. The highest BCUT2D eigenvalue weighted by atomic mass is 79.9. The molecule has 0 aromatic heterocycles. The van der Waals surface area contributed by atoms with Gasteiger partial charge in [0, 0.05) is 29.4 Å². The molecule has 0 saturated carbocycles. The SMILES string of the molecule is CC(F)(F)C(C)(c1cc(Br)c(-c2cccc(N)c2F)c(OC(F)F)c1)C(C)(F)F. The quantitative estimate of drug-likeness (QED) is 0.351. The van der Waals surface area contributed by atoms with Gasteiger partial charge in [-0.3, -0.25) is 0 Å². The van der Waals surface area contributed by atoms with E-state index >= 15 is 0 Å². The Balaban J connectivity index is 2.87. The highest BCUT2D eigenvalue weighted by Gasteiger charge is 2.61. The molecule has 2 N–H and O–H groups in total. The largest absolute Gasteiger partial charge is 0.434 e. The van der Waals surface area contributed by atoms with Crippen molar-refractivity contribution in [2.24, 2.45) is 0 Å². The standard InChI is InChI=1S/C19H17BrF7NO/c1-17(18(2,24)25,19(3,26)27)9-7-11(20)14(13(8-9)29-16(22)23)10-5-4-6-12(28)15(10)21/h4-8,16H,28H2,1-3H3. The zero-order chi connectivity index (χ0) is 22.4. The van der Waals surface area contributed by atoms with Crippen molar-refractivity contribution in [1.82, 2.24) is 0 Å². The van der Waals surface area contributed by atoms with Crippen molar-refractivity contribution in [2.75, 3.05) is 5.73 Å². The van der Waals surface area contributed by atoms with E-state index in [1.165, 1.54) is 18.2 Å². The first kappa shape index (κ1) is 23.3. The second kappa shape index (κ2) is 7.70. The lowest BCUT2D eigenvalue weighted by Crippen LogP contribution is -2.53. The summed E-state index contributed by atoms with van der Waals surface area (Å²) in [7, 11) is 0. The van der Waals surface area contributed by atoms with E-state index in [2.05, 4.69) is 20.7 Å².